The van der Waals surface area contributed by atoms with Crippen LogP contribution >= 0.6 is 0 Å². The molecule has 0 aliphatic heterocycles. The zero-order valence-electron chi connectivity index (χ0n) is 8.60. The number of hydrogen-bond donors (Lipinski definition) is 2. The summed E-state index contributed by atoms with van der Waals surface area (Å²) in [6.07, 6.45) is 0. The van der Waals surface area contributed by atoms with Gasteiger partial charge in [0.05, 0.1) is 12.8 Å². The summed E-state index contributed by atoms with van der Waals surface area (Å²) in [5, 5.41) is 12.1. The Balaban J connectivity index is 2.81. The number of carbonyl (C=O) groups excluding carboxylic acids is 1. The monoisotopic (exact) mass is 218 g/mol. The highest BCUT2D eigenvalue weighted by molar-refractivity contribution is 6.44. The molecule has 0 unspecified atom stereocenters. The summed E-state index contributed by atoms with van der Waals surface area (Å²) in [6, 6.07) is 8.46. The molecular weight excluding hydrogens is 208 g/mol. The summed E-state index contributed by atoms with van der Waals surface area (Å²) in [5.41, 5.74) is 7.65. The molecule has 0 atom stereocenters. The van der Waals surface area contributed by atoms with Gasteiger partial charge in [-0.3, -0.25) is 10.2 Å². The Morgan fingerprint density at radius 2 is 2.38 bits per heavy atom. The maximum Gasteiger partial charge on any atom is 0.280 e. The number of carbonyl (C=O) groups is 1. The lowest BCUT2D eigenvalue weighted by Crippen LogP contribution is -2.22. The zero-order chi connectivity index (χ0) is 12.0. The van der Waals surface area contributed by atoms with Gasteiger partial charge in [-0.05, 0) is 12.1 Å². The van der Waals surface area contributed by atoms with E-state index in [1.165, 1.54) is 7.11 Å². The number of primary amides is 1. The van der Waals surface area contributed by atoms with E-state index in [0.717, 1.165) is 0 Å². The standard InChI is InChI=1S/C10H10N4O2/c1-16-8-4-2-3-7(5-8)13-14-9(6-11)10(12)15/h2-5,13H,1H3,(H2,12,15)/b14-9+. The minimum atomic E-state index is -0.877. The predicted octanol–water partition coefficient (Wildman–Crippen LogP) is 0.472. The van der Waals surface area contributed by atoms with Gasteiger partial charge in [0.15, 0.2) is 0 Å². The van der Waals surface area contributed by atoms with Crippen LogP contribution in [0, 0.1) is 11.3 Å². The van der Waals surface area contributed by atoms with E-state index in [1.54, 1.807) is 30.3 Å². The van der Waals surface area contributed by atoms with Crippen LogP contribution in [0.1, 0.15) is 0 Å². The van der Waals surface area contributed by atoms with Crippen LogP contribution in [0.5, 0.6) is 5.75 Å². The highest BCUT2D eigenvalue weighted by atomic mass is 16.5. The van der Waals surface area contributed by atoms with Crippen LogP contribution in [0.3, 0.4) is 0 Å². The van der Waals surface area contributed by atoms with E-state index in [-0.39, 0.29) is 5.71 Å². The molecule has 0 spiro atoms. The first-order valence-electron chi connectivity index (χ1n) is 4.35. The fourth-order valence-corrected chi connectivity index (χ4v) is 0.948. The minimum absolute atomic E-state index is 0.386. The van der Waals surface area contributed by atoms with Crippen molar-refractivity contribution in [2.24, 2.45) is 10.8 Å². The molecule has 0 radical (unpaired) electrons. The molecule has 0 fully saturated rings. The SMILES string of the molecule is COc1cccc(N/N=C(\C#N)C(N)=O)c1. The Hall–Kier alpha value is -2.55. The highest BCUT2D eigenvalue weighted by Crippen LogP contribution is 2.16. The fraction of sp³-hybridized carbons (Fsp3) is 0.100. The van der Waals surface area contributed by atoms with Crippen molar-refractivity contribution in [1.29, 1.82) is 5.26 Å². The molecule has 0 saturated heterocycles. The van der Waals surface area contributed by atoms with E-state index in [1.807, 2.05) is 0 Å². The Morgan fingerprint density at radius 3 is 2.94 bits per heavy atom. The first-order valence-corrected chi connectivity index (χ1v) is 4.35. The smallest absolute Gasteiger partial charge is 0.280 e. The Bertz CT molecular complexity index is 462. The third-order valence-electron chi connectivity index (χ3n) is 1.71. The van der Waals surface area contributed by atoms with E-state index in [9.17, 15) is 4.79 Å². The third-order valence-corrected chi connectivity index (χ3v) is 1.71. The minimum Gasteiger partial charge on any atom is -0.497 e. The second-order valence-corrected chi connectivity index (χ2v) is 2.78. The molecule has 82 valence electrons. The van der Waals surface area contributed by atoms with E-state index in [4.69, 9.17) is 15.7 Å². The van der Waals surface area contributed by atoms with Crippen molar-refractivity contribution in [3.05, 3.63) is 24.3 Å². The van der Waals surface area contributed by atoms with Crippen LogP contribution in [-0.2, 0) is 4.79 Å². The van der Waals surface area contributed by atoms with Crippen LogP contribution in [0.25, 0.3) is 0 Å². The zero-order valence-corrected chi connectivity index (χ0v) is 8.60. The Kier molecular flexibility index (Phi) is 3.86. The van der Waals surface area contributed by atoms with Gasteiger partial charge in [0.25, 0.3) is 5.91 Å². The lowest BCUT2D eigenvalue weighted by Gasteiger charge is -2.03. The number of nitriles is 1. The molecule has 6 heteroatoms. The quantitative estimate of drug-likeness (QED) is 0.566. The number of ether oxygens (including phenoxy) is 1. The van der Waals surface area contributed by atoms with Crippen LogP contribution < -0.4 is 15.9 Å². The topological polar surface area (TPSA) is 100 Å². The number of methoxy groups -OCH3 is 1. The van der Waals surface area contributed by atoms with E-state index in [0.29, 0.717) is 11.4 Å². The molecule has 0 aromatic heterocycles. The summed E-state index contributed by atoms with van der Waals surface area (Å²) in [4.78, 5) is 10.7. The van der Waals surface area contributed by atoms with Crippen molar-refractivity contribution in [3.8, 4) is 11.8 Å². The summed E-state index contributed by atoms with van der Waals surface area (Å²) in [5.74, 6) is -0.240. The molecule has 0 aliphatic rings. The van der Waals surface area contributed by atoms with Gasteiger partial charge in [0.1, 0.15) is 11.8 Å². The third kappa shape index (κ3) is 2.99. The first kappa shape index (κ1) is 11.5. The Morgan fingerprint density at radius 1 is 1.62 bits per heavy atom. The van der Waals surface area contributed by atoms with Gasteiger partial charge in [-0.2, -0.15) is 10.4 Å². The van der Waals surface area contributed by atoms with Crippen LogP contribution in [0.15, 0.2) is 29.4 Å². The fourth-order valence-electron chi connectivity index (χ4n) is 0.948. The number of nitrogens with two attached hydrogens (primary N) is 1. The number of amides is 1. The highest BCUT2D eigenvalue weighted by Gasteiger charge is 2.04. The largest absolute Gasteiger partial charge is 0.497 e. The molecule has 16 heavy (non-hydrogen) atoms. The van der Waals surface area contributed by atoms with Crippen LogP contribution in [-0.4, -0.2) is 18.7 Å². The number of benzene rings is 1. The predicted molar refractivity (Wildman–Crippen MR) is 58.9 cm³/mol. The lowest BCUT2D eigenvalue weighted by molar-refractivity contribution is -0.111. The molecule has 1 aromatic rings. The average Bonchev–Trinajstić information content (AvgIpc) is 2.29. The number of hydrazone groups is 1. The van der Waals surface area contributed by atoms with Gasteiger partial charge in [-0.1, -0.05) is 6.07 Å². The number of nitrogens with one attached hydrogen (secondary N) is 1. The van der Waals surface area contributed by atoms with Crippen molar-refractivity contribution >= 4 is 17.3 Å². The molecule has 3 N–H and O–H groups in total. The molecule has 0 saturated carbocycles. The van der Waals surface area contributed by atoms with Gasteiger partial charge in [0.2, 0.25) is 5.71 Å². The molecule has 1 aromatic carbocycles. The van der Waals surface area contributed by atoms with Gasteiger partial charge < -0.3 is 10.5 Å². The summed E-state index contributed by atoms with van der Waals surface area (Å²) < 4.78 is 4.99. The van der Waals surface area contributed by atoms with Gasteiger partial charge in [0, 0.05) is 6.07 Å². The Labute approximate surface area is 92.3 Å². The van der Waals surface area contributed by atoms with Crippen molar-refractivity contribution in [3.63, 3.8) is 0 Å². The molecule has 1 amide bonds. The molecule has 0 heterocycles. The molecule has 1 rings (SSSR count). The van der Waals surface area contributed by atoms with E-state index >= 15 is 0 Å². The lowest BCUT2D eigenvalue weighted by atomic mass is 10.3. The summed E-state index contributed by atoms with van der Waals surface area (Å²) in [7, 11) is 1.53. The number of anilines is 1. The second-order valence-electron chi connectivity index (χ2n) is 2.78. The van der Waals surface area contributed by atoms with E-state index in [2.05, 4.69) is 10.5 Å². The number of nitrogens with zero attached hydrogens (tertiary/aromatic N) is 2. The van der Waals surface area contributed by atoms with Gasteiger partial charge >= 0.3 is 0 Å². The molecule has 0 aliphatic carbocycles. The van der Waals surface area contributed by atoms with Crippen molar-refractivity contribution in [1.82, 2.24) is 0 Å². The first-order chi connectivity index (χ1) is 7.67. The van der Waals surface area contributed by atoms with Gasteiger partial charge in [-0.15, -0.1) is 0 Å². The maximum atomic E-state index is 10.7. The number of rotatable bonds is 4. The molecular formula is C10H10N4O2. The second kappa shape index (κ2) is 5.36. The van der Waals surface area contributed by atoms with E-state index < -0.39 is 5.91 Å². The van der Waals surface area contributed by atoms with Crippen molar-refractivity contribution in [2.75, 3.05) is 12.5 Å². The number of hydrogen-bond acceptors (Lipinski definition) is 5. The molecule has 6 nitrogen and oxygen atoms in total. The van der Waals surface area contributed by atoms with Crippen molar-refractivity contribution < 1.29 is 9.53 Å². The van der Waals surface area contributed by atoms with Gasteiger partial charge in [-0.25, -0.2) is 0 Å². The average molecular weight is 218 g/mol. The summed E-state index contributed by atoms with van der Waals surface area (Å²) >= 11 is 0. The molecule has 0 bridgehead atoms. The van der Waals surface area contributed by atoms with Crippen LogP contribution in [0.2, 0.25) is 0 Å². The normalized spacial score (nSPS) is 10.4. The van der Waals surface area contributed by atoms with Crippen LogP contribution in [0.4, 0.5) is 5.69 Å². The van der Waals surface area contributed by atoms with Crippen molar-refractivity contribution in [2.45, 2.75) is 0 Å². The summed E-state index contributed by atoms with van der Waals surface area (Å²) in [6.45, 7) is 0. The maximum absolute atomic E-state index is 10.7.